The van der Waals surface area contributed by atoms with Crippen LogP contribution in [-0.2, 0) is 4.74 Å². The van der Waals surface area contributed by atoms with Crippen LogP contribution in [-0.4, -0.2) is 75.9 Å². The van der Waals surface area contributed by atoms with Crippen molar-refractivity contribution in [2.75, 3.05) is 60.0 Å². The summed E-state index contributed by atoms with van der Waals surface area (Å²) in [6.07, 6.45) is 5.42. The second-order valence-corrected chi connectivity index (χ2v) is 6.35. The molecule has 2 saturated heterocycles. The molecule has 19 heavy (non-hydrogen) atoms. The van der Waals surface area contributed by atoms with E-state index < -0.39 is 0 Å². The van der Waals surface area contributed by atoms with Crippen LogP contribution in [0.15, 0.2) is 0 Å². The predicted molar refractivity (Wildman–Crippen MR) is 79.6 cm³/mol. The molecular weight excluding hydrogens is 238 g/mol. The fourth-order valence-electron chi connectivity index (χ4n) is 3.25. The first-order chi connectivity index (χ1) is 9.24. The van der Waals surface area contributed by atoms with Gasteiger partial charge < -0.3 is 19.9 Å². The molecular formula is C15H31N3O. The van der Waals surface area contributed by atoms with Crippen molar-refractivity contribution in [3.05, 3.63) is 0 Å². The van der Waals surface area contributed by atoms with Crippen LogP contribution >= 0.6 is 0 Å². The summed E-state index contributed by atoms with van der Waals surface area (Å²) in [6.45, 7) is 8.15. The Morgan fingerprint density at radius 3 is 2.74 bits per heavy atom. The van der Waals surface area contributed by atoms with E-state index in [-0.39, 0.29) is 0 Å². The minimum absolute atomic E-state index is 0.509. The highest BCUT2D eigenvalue weighted by Crippen LogP contribution is 2.15. The predicted octanol–water partition coefficient (Wildman–Crippen LogP) is 1.03. The van der Waals surface area contributed by atoms with Crippen LogP contribution < -0.4 is 5.32 Å². The third-order valence-electron chi connectivity index (χ3n) is 4.38. The summed E-state index contributed by atoms with van der Waals surface area (Å²) in [4.78, 5) is 4.92. The minimum Gasteiger partial charge on any atom is -0.378 e. The number of hydrogen-bond donors (Lipinski definition) is 1. The van der Waals surface area contributed by atoms with E-state index in [1.54, 1.807) is 0 Å². The zero-order chi connectivity index (χ0) is 13.5. The molecule has 2 aliphatic rings. The number of piperidine rings is 1. The largest absolute Gasteiger partial charge is 0.378 e. The van der Waals surface area contributed by atoms with Gasteiger partial charge in [-0.2, -0.15) is 0 Å². The van der Waals surface area contributed by atoms with Gasteiger partial charge in [0.05, 0.1) is 6.10 Å². The van der Waals surface area contributed by atoms with Gasteiger partial charge in [0, 0.05) is 26.2 Å². The van der Waals surface area contributed by atoms with Gasteiger partial charge in [0.2, 0.25) is 0 Å². The Balaban J connectivity index is 1.48. The first-order valence-corrected chi connectivity index (χ1v) is 7.93. The van der Waals surface area contributed by atoms with E-state index in [0.29, 0.717) is 6.10 Å². The maximum absolute atomic E-state index is 5.95. The summed E-state index contributed by atoms with van der Waals surface area (Å²) < 4.78 is 5.95. The molecule has 0 radical (unpaired) electrons. The van der Waals surface area contributed by atoms with Crippen LogP contribution in [0.2, 0.25) is 0 Å². The third kappa shape index (κ3) is 5.78. The lowest BCUT2D eigenvalue weighted by Gasteiger charge is -2.24. The molecule has 0 aromatic rings. The van der Waals surface area contributed by atoms with E-state index in [4.69, 9.17) is 4.74 Å². The van der Waals surface area contributed by atoms with Gasteiger partial charge >= 0.3 is 0 Å². The van der Waals surface area contributed by atoms with Crippen molar-refractivity contribution in [1.29, 1.82) is 0 Å². The van der Waals surface area contributed by atoms with Gasteiger partial charge in [-0.3, -0.25) is 0 Å². The van der Waals surface area contributed by atoms with E-state index >= 15 is 0 Å². The molecule has 112 valence electrons. The molecule has 0 aromatic heterocycles. The molecule has 0 saturated carbocycles. The number of nitrogens with zero attached hydrogens (tertiary/aromatic N) is 2. The van der Waals surface area contributed by atoms with Crippen LogP contribution in [0.1, 0.15) is 25.7 Å². The van der Waals surface area contributed by atoms with Gasteiger partial charge in [0.25, 0.3) is 0 Å². The molecule has 2 fully saturated rings. The van der Waals surface area contributed by atoms with E-state index in [1.807, 2.05) is 0 Å². The van der Waals surface area contributed by atoms with Crippen molar-refractivity contribution in [2.24, 2.45) is 5.92 Å². The summed E-state index contributed by atoms with van der Waals surface area (Å²) in [5.41, 5.74) is 0. The van der Waals surface area contributed by atoms with Crippen LogP contribution in [0.25, 0.3) is 0 Å². The molecule has 4 nitrogen and oxygen atoms in total. The van der Waals surface area contributed by atoms with Gasteiger partial charge in [0.15, 0.2) is 0 Å². The lowest BCUT2D eigenvalue weighted by atomic mass is 10.1. The molecule has 0 bridgehead atoms. The molecule has 0 aliphatic carbocycles. The number of likely N-dealkylation sites (tertiary alicyclic amines) is 1. The molecule has 0 spiro atoms. The lowest BCUT2D eigenvalue weighted by molar-refractivity contribution is 0.0282. The first kappa shape index (κ1) is 15.2. The highest BCUT2D eigenvalue weighted by molar-refractivity contribution is 4.75. The van der Waals surface area contributed by atoms with E-state index in [0.717, 1.165) is 25.6 Å². The summed E-state index contributed by atoms with van der Waals surface area (Å²) in [6, 6.07) is 0. The fourth-order valence-corrected chi connectivity index (χ4v) is 3.25. The molecule has 1 atom stereocenters. The van der Waals surface area contributed by atoms with Gasteiger partial charge in [0.1, 0.15) is 0 Å². The zero-order valence-electron chi connectivity index (χ0n) is 12.7. The minimum atomic E-state index is 0.509. The van der Waals surface area contributed by atoms with Crippen molar-refractivity contribution in [3.8, 4) is 0 Å². The van der Waals surface area contributed by atoms with E-state index in [1.165, 1.54) is 51.9 Å². The lowest BCUT2D eigenvalue weighted by Crippen LogP contribution is -2.33. The average Bonchev–Trinajstić information content (AvgIpc) is 2.81. The monoisotopic (exact) mass is 269 g/mol. The third-order valence-corrected chi connectivity index (χ3v) is 4.38. The molecule has 4 heteroatoms. The Morgan fingerprint density at radius 2 is 2.05 bits per heavy atom. The van der Waals surface area contributed by atoms with Crippen LogP contribution in [0.3, 0.4) is 0 Å². The Kier molecular flexibility index (Phi) is 6.57. The Morgan fingerprint density at radius 1 is 1.26 bits per heavy atom. The molecule has 2 rings (SSSR count). The number of rotatable bonds is 7. The van der Waals surface area contributed by atoms with Crippen molar-refractivity contribution >= 4 is 0 Å². The average molecular weight is 269 g/mol. The van der Waals surface area contributed by atoms with Crippen LogP contribution in [0.5, 0.6) is 0 Å². The highest BCUT2D eigenvalue weighted by atomic mass is 16.5. The molecule has 1 unspecified atom stereocenters. The first-order valence-electron chi connectivity index (χ1n) is 7.93. The topological polar surface area (TPSA) is 27.7 Å². The van der Waals surface area contributed by atoms with Crippen molar-refractivity contribution in [1.82, 2.24) is 15.1 Å². The Labute approximate surface area is 118 Å². The zero-order valence-corrected chi connectivity index (χ0v) is 12.7. The quantitative estimate of drug-likeness (QED) is 0.699. The number of ether oxygens (including phenoxy) is 1. The van der Waals surface area contributed by atoms with Crippen LogP contribution in [0.4, 0.5) is 0 Å². The number of hydrogen-bond acceptors (Lipinski definition) is 4. The summed E-state index contributed by atoms with van der Waals surface area (Å²) in [5, 5.41) is 3.38. The standard InChI is InChI=1S/C15H31N3O/c1-17(12-14-6-10-18(2)13-14)9-3-11-19-15-4-7-16-8-5-15/h14-16H,3-13H2,1-2H3. The maximum atomic E-state index is 5.95. The number of nitrogens with one attached hydrogen (secondary N) is 1. The van der Waals surface area contributed by atoms with E-state index in [2.05, 4.69) is 29.2 Å². The van der Waals surface area contributed by atoms with E-state index in [9.17, 15) is 0 Å². The van der Waals surface area contributed by atoms with Crippen molar-refractivity contribution in [3.63, 3.8) is 0 Å². The smallest absolute Gasteiger partial charge is 0.0599 e. The molecule has 2 aliphatic heterocycles. The highest BCUT2D eigenvalue weighted by Gasteiger charge is 2.20. The van der Waals surface area contributed by atoms with Gasteiger partial charge in [-0.1, -0.05) is 0 Å². The summed E-state index contributed by atoms with van der Waals surface area (Å²) in [7, 11) is 4.48. The fraction of sp³-hybridized carbons (Fsp3) is 1.00. The van der Waals surface area contributed by atoms with Gasteiger partial charge in [-0.15, -0.1) is 0 Å². The normalized spacial score (nSPS) is 26.4. The van der Waals surface area contributed by atoms with Crippen LogP contribution in [0, 0.1) is 5.92 Å². The Bertz CT molecular complexity index is 244. The van der Waals surface area contributed by atoms with Crippen molar-refractivity contribution < 1.29 is 4.74 Å². The summed E-state index contributed by atoms with van der Waals surface area (Å²) >= 11 is 0. The molecule has 0 amide bonds. The molecule has 1 N–H and O–H groups in total. The van der Waals surface area contributed by atoms with Crippen molar-refractivity contribution in [2.45, 2.75) is 31.8 Å². The summed E-state index contributed by atoms with van der Waals surface area (Å²) in [5.74, 6) is 0.875. The SMILES string of the molecule is CN(CCCOC1CCNCC1)CC1CCN(C)C1. The second kappa shape index (κ2) is 8.20. The van der Waals surface area contributed by atoms with Gasteiger partial charge in [-0.25, -0.2) is 0 Å². The Hall–Kier alpha value is -0.160. The molecule has 2 heterocycles. The van der Waals surface area contributed by atoms with Gasteiger partial charge in [-0.05, 0) is 65.3 Å². The maximum Gasteiger partial charge on any atom is 0.0599 e. The second-order valence-electron chi connectivity index (χ2n) is 6.35. The molecule has 0 aromatic carbocycles.